The Bertz CT molecular complexity index is 497. The molecule has 0 N–H and O–H groups in total. The molecule has 1 aromatic carbocycles. The summed E-state index contributed by atoms with van der Waals surface area (Å²) in [6.07, 6.45) is 2.01. The van der Waals surface area contributed by atoms with Crippen molar-refractivity contribution in [2.75, 3.05) is 0 Å². The van der Waals surface area contributed by atoms with Gasteiger partial charge in [-0.05, 0) is 30.7 Å². The fraction of sp³-hybridized carbons (Fsp3) is 0.250. The number of aryl methyl sites for hydroxylation is 1. The first-order valence-electron chi connectivity index (χ1n) is 4.95. The summed E-state index contributed by atoms with van der Waals surface area (Å²) < 4.78 is 0. The molecule has 0 saturated carbocycles. The number of benzene rings is 1. The maximum absolute atomic E-state index is 6.17. The van der Waals surface area contributed by atoms with E-state index in [9.17, 15) is 0 Å². The minimum Gasteiger partial charge on any atom is -0.253 e. The van der Waals surface area contributed by atoms with E-state index < -0.39 is 0 Å². The highest BCUT2D eigenvalue weighted by molar-refractivity contribution is 6.36. The second-order valence-corrected chi connectivity index (χ2v) is 4.35. The third-order valence-corrected chi connectivity index (χ3v) is 2.83. The SMILES string of the molecule is CCCc1cc(Cl)c2ccc(Cl)cc2n1.Cl. The molecule has 0 aliphatic carbocycles. The van der Waals surface area contributed by atoms with E-state index in [0.29, 0.717) is 5.02 Å². The number of aromatic nitrogens is 1. The number of rotatable bonds is 2. The fourth-order valence-electron chi connectivity index (χ4n) is 1.59. The van der Waals surface area contributed by atoms with Gasteiger partial charge in [0, 0.05) is 16.1 Å². The van der Waals surface area contributed by atoms with Crippen molar-refractivity contribution in [3.63, 3.8) is 0 Å². The van der Waals surface area contributed by atoms with Crippen LogP contribution < -0.4 is 0 Å². The molecular formula is C12H12Cl3N. The van der Waals surface area contributed by atoms with Crippen LogP contribution in [0.25, 0.3) is 10.9 Å². The topological polar surface area (TPSA) is 12.9 Å². The van der Waals surface area contributed by atoms with Crippen LogP contribution in [-0.4, -0.2) is 4.98 Å². The molecule has 0 bridgehead atoms. The Labute approximate surface area is 111 Å². The van der Waals surface area contributed by atoms with Crippen LogP contribution in [0.3, 0.4) is 0 Å². The lowest BCUT2D eigenvalue weighted by molar-refractivity contribution is 0.890. The van der Waals surface area contributed by atoms with E-state index in [2.05, 4.69) is 11.9 Å². The van der Waals surface area contributed by atoms with Crippen LogP contribution in [-0.2, 0) is 6.42 Å². The molecule has 4 heteroatoms. The summed E-state index contributed by atoms with van der Waals surface area (Å²) in [4.78, 5) is 4.52. The van der Waals surface area contributed by atoms with E-state index in [1.165, 1.54) is 0 Å². The molecule has 0 saturated heterocycles. The second kappa shape index (κ2) is 5.72. The first-order valence-corrected chi connectivity index (χ1v) is 5.71. The lowest BCUT2D eigenvalue weighted by atomic mass is 10.1. The summed E-state index contributed by atoms with van der Waals surface area (Å²) in [7, 11) is 0. The predicted molar refractivity (Wildman–Crippen MR) is 73.0 cm³/mol. The monoisotopic (exact) mass is 275 g/mol. The van der Waals surface area contributed by atoms with Gasteiger partial charge in [-0.3, -0.25) is 4.98 Å². The Morgan fingerprint density at radius 3 is 2.62 bits per heavy atom. The zero-order valence-electron chi connectivity index (χ0n) is 8.84. The van der Waals surface area contributed by atoms with Gasteiger partial charge in [-0.1, -0.05) is 36.5 Å². The van der Waals surface area contributed by atoms with Crippen LogP contribution in [0, 0.1) is 0 Å². The van der Waals surface area contributed by atoms with Gasteiger partial charge in [0.15, 0.2) is 0 Å². The number of fused-ring (bicyclic) bond motifs is 1. The van der Waals surface area contributed by atoms with Gasteiger partial charge in [-0.2, -0.15) is 0 Å². The van der Waals surface area contributed by atoms with Crippen LogP contribution in [0.15, 0.2) is 24.3 Å². The van der Waals surface area contributed by atoms with E-state index in [4.69, 9.17) is 23.2 Å². The number of halogens is 3. The van der Waals surface area contributed by atoms with Crippen LogP contribution in [0.1, 0.15) is 19.0 Å². The Hall–Kier alpha value is -0.500. The van der Waals surface area contributed by atoms with Gasteiger partial charge >= 0.3 is 0 Å². The minimum absolute atomic E-state index is 0. The zero-order valence-corrected chi connectivity index (χ0v) is 11.2. The Balaban J connectivity index is 0.00000128. The molecule has 0 radical (unpaired) electrons. The largest absolute Gasteiger partial charge is 0.253 e. The zero-order chi connectivity index (χ0) is 10.8. The third-order valence-electron chi connectivity index (χ3n) is 2.28. The third kappa shape index (κ3) is 2.79. The van der Waals surface area contributed by atoms with Gasteiger partial charge in [0.2, 0.25) is 0 Å². The van der Waals surface area contributed by atoms with Gasteiger partial charge < -0.3 is 0 Å². The van der Waals surface area contributed by atoms with Crippen molar-refractivity contribution >= 4 is 46.5 Å². The summed E-state index contributed by atoms with van der Waals surface area (Å²) in [5.41, 5.74) is 1.90. The maximum Gasteiger partial charge on any atom is 0.0735 e. The molecule has 0 fully saturated rings. The van der Waals surface area contributed by atoms with Crippen molar-refractivity contribution in [1.82, 2.24) is 4.98 Å². The van der Waals surface area contributed by atoms with Crippen LogP contribution in [0.2, 0.25) is 10.0 Å². The molecular weight excluding hydrogens is 264 g/mol. The Morgan fingerprint density at radius 2 is 1.94 bits per heavy atom. The van der Waals surface area contributed by atoms with E-state index in [-0.39, 0.29) is 12.4 Å². The van der Waals surface area contributed by atoms with Crippen LogP contribution in [0.4, 0.5) is 0 Å². The molecule has 0 atom stereocenters. The second-order valence-electron chi connectivity index (χ2n) is 3.51. The van der Waals surface area contributed by atoms with Gasteiger partial charge in [-0.15, -0.1) is 12.4 Å². The predicted octanol–water partition coefficient (Wildman–Crippen LogP) is 4.92. The molecule has 0 spiro atoms. The number of hydrogen-bond acceptors (Lipinski definition) is 1. The average molecular weight is 277 g/mol. The molecule has 0 aliphatic heterocycles. The van der Waals surface area contributed by atoms with Gasteiger partial charge in [0.1, 0.15) is 0 Å². The molecule has 1 heterocycles. The molecule has 86 valence electrons. The van der Waals surface area contributed by atoms with Crippen LogP contribution >= 0.6 is 35.6 Å². The van der Waals surface area contributed by atoms with Gasteiger partial charge in [-0.25, -0.2) is 0 Å². The standard InChI is InChI=1S/C12H11Cl2N.ClH/c1-2-3-9-7-11(14)10-5-4-8(13)6-12(10)15-9;/h4-7H,2-3H2,1H3;1H. The number of pyridine rings is 1. The highest BCUT2D eigenvalue weighted by Crippen LogP contribution is 2.25. The molecule has 16 heavy (non-hydrogen) atoms. The van der Waals surface area contributed by atoms with Crippen molar-refractivity contribution in [3.05, 3.63) is 40.0 Å². The smallest absolute Gasteiger partial charge is 0.0735 e. The van der Waals surface area contributed by atoms with Gasteiger partial charge in [0.05, 0.1) is 10.5 Å². The molecule has 0 unspecified atom stereocenters. The van der Waals surface area contributed by atoms with E-state index >= 15 is 0 Å². The van der Waals surface area contributed by atoms with Gasteiger partial charge in [0.25, 0.3) is 0 Å². The molecule has 1 nitrogen and oxygen atoms in total. The quantitative estimate of drug-likeness (QED) is 0.759. The first-order chi connectivity index (χ1) is 7.20. The van der Waals surface area contributed by atoms with Crippen molar-refractivity contribution in [2.24, 2.45) is 0 Å². The number of hydrogen-bond donors (Lipinski definition) is 0. The minimum atomic E-state index is 0. The van der Waals surface area contributed by atoms with Crippen molar-refractivity contribution in [3.8, 4) is 0 Å². The summed E-state index contributed by atoms with van der Waals surface area (Å²) in [5.74, 6) is 0. The molecule has 1 aromatic heterocycles. The Kier molecular flexibility index (Phi) is 4.85. The maximum atomic E-state index is 6.17. The highest BCUT2D eigenvalue weighted by Gasteiger charge is 2.04. The first kappa shape index (κ1) is 13.6. The molecule has 0 amide bonds. The molecule has 0 aliphatic rings. The van der Waals surface area contributed by atoms with Crippen molar-refractivity contribution in [2.45, 2.75) is 19.8 Å². The summed E-state index contributed by atoms with van der Waals surface area (Å²) in [6.45, 7) is 2.12. The van der Waals surface area contributed by atoms with Crippen molar-refractivity contribution in [1.29, 1.82) is 0 Å². The molecule has 2 rings (SSSR count). The normalized spacial score (nSPS) is 10.2. The van der Waals surface area contributed by atoms with E-state index in [0.717, 1.165) is 34.5 Å². The average Bonchev–Trinajstić information content (AvgIpc) is 2.17. The lowest BCUT2D eigenvalue weighted by Crippen LogP contribution is -1.90. The van der Waals surface area contributed by atoms with E-state index in [1.807, 2.05) is 24.3 Å². The summed E-state index contributed by atoms with van der Waals surface area (Å²) in [6, 6.07) is 7.52. The summed E-state index contributed by atoms with van der Waals surface area (Å²) in [5, 5.41) is 2.40. The highest BCUT2D eigenvalue weighted by atomic mass is 35.5. The number of nitrogens with zero attached hydrogens (tertiary/aromatic N) is 1. The lowest BCUT2D eigenvalue weighted by Gasteiger charge is -2.04. The Morgan fingerprint density at radius 1 is 1.19 bits per heavy atom. The van der Waals surface area contributed by atoms with Crippen LogP contribution in [0.5, 0.6) is 0 Å². The fourth-order valence-corrected chi connectivity index (χ4v) is 2.05. The van der Waals surface area contributed by atoms with E-state index in [1.54, 1.807) is 0 Å². The summed E-state index contributed by atoms with van der Waals surface area (Å²) >= 11 is 12.1. The molecule has 2 aromatic rings. The van der Waals surface area contributed by atoms with Crippen molar-refractivity contribution < 1.29 is 0 Å².